The van der Waals surface area contributed by atoms with Crippen molar-refractivity contribution in [2.24, 2.45) is 0 Å². The summed E-state index contributed by atoms with van der Waals surface area (Å²) in [6.07, 6.45) is 0.213. The number of pyridine rings is 1. The molecule has 2 aliphatic heterocycles. The average Bonchev–Trinajstić information content (AvgIpc) is 2.86. The third-order valence-electron chi connectivity index (χ3n) is 6.39. The van der Waals surface area contributed by atoms with Gasteiger partial charge in [0.1, 0.15) is 5.82 Å². The van der Waals surface area contributed by atoms with E-state index in [1.165, 1.54) is 5.56 Å². The zero-order valence-corrected chi connectivity index (χ0v) is 20.8. The van der Waals surface area contributed by atoms with Crippen LogP contribution in [0.4, 0.5) is 19.0 Å². The van der Waals surface area contributed by atoms with Crippen LogP contribution in [0.1, 0.15) is 30.9 Å². The van der Waals surface area contributed by atoms with E-state index in [1.54, 1.807) is 6.20 Å². The topological polar surface area (TPSA) is 86.1 Å². The molecule has 2 saturated heterocycles. The predicted molar refractivity (Wildman–Crippen MR) is 130 cm³/mol. The van der Waals surface area contributed by atoms with Gasteiger partial charge in [-0.25, -0.2) is 9.78 Å². The molecule has 2 aliphatic rings. The van der Waals surface area contributed by atoms with Crippen LogP contribution in [0.3, 0.4) is 0 Å². The Morgan fingerprint density at radius 1 is 1.17 bits per heavy atom. The van der Waals surface area contributed by atoms with Crippen molar-refractivity contribution in [2.45, 2.75) is 57.2 Å². The van der Waals surface area contributed by atoms with Crippen molar-refractivity contribution >= 4 is 23.4 Å². The maximum absolute atomic E-state index is 10.6. The molecular weight excluding hydrogens is 499 g/mol. The molecule has 1 aromatic heterocycles. The number of piperidine rings is 1. The fraction of sp³-hybridized carbons (Fsp3) is 0.520. The Kier molecular flexibility index (Phi) is 9.95. The van der Waals surface area contributed by atoms with E-state index in [0.29, 0.717) is 12.1 Å². The minimum Gasteiger partial charge on any atom is -0.475 e. The maximum Gasteiger partial charge on any atom is 0.490 e. The number of aliphatic carboxylic acids is 1. The highest BCUT2D eigenvalue weighted by Crippen LogP contribution is 2.27. The molecule has 0 saturated carbocycles. The van der Waals surface area contributed by atoms with Crippen molar-refractivity contribution in [3.05, 3.63) is 58.7 Å². The van der Waals surface area contributed by atoms with E-state index in [4.69, 9.17) is 26.2 Å². The maximum atomic E-state index is 10.6. The van der Waals surface area contributed by atoms with Gasteiger partial charge in [0.25, 0.3) is 0 Å². The lowest BCUT2D eigenvalue weighted by Crippen LogP contribution is -2.56. The first kappa shape index (κ1) is 28.2. The van der Waals surface area contributed by atoms with Crippen LogP contribution in [0.2, 0.25) is 5.02 Å². The molecule has 11 heteroatoms. The van der Waals surface area contributed by atoms with E-state index in [2.05, 4.69) is 33.8 Å². The zero-order valence-electron chi connectivity index (χ0n) is 20.0. The first-order valence-corrected chi connectivity index (χ1v) is 12.2. The fourth-order valence-electron chi connectivity index (χ4n) is 4.54. The van der Waals surface area contributed by atoms with Crippen molar-refractivity contribution in [2.75, 3.05) is 31.1 Å². The predicted octanol–water partition coefficient (Wildman–Crippen LogP) is 4.16. The van der Waals surface area contributed by atoms with Crippen molar-refractivity contribution in [1.82, 2.24) is 9.88 Å². The molecule has 198 valence electrons. The van der Waals surface area contributed by atoms with Crippen LogP contribution in [-0.4, -0.2) is 76.7 Å². The first-order chi connectivity index (χ1) is 17.1. The van der Waals surface area contributed by atoms with Crippen LogP contribution in [0.5, 0.6) is 0 Å². The molecule has 0 spiro atoms. The summed E-state index contributed by atoms with van der Waals surface area (Å²) < 4.78 is 37.7. The molecule has 0 bridgehead atoms. The minimum absolute atomic E-state index is 0.0596. The van der Waals surface area contributed by atoms with Gasteiger partial charge in [-0.05, 0) is 61.6 Å². The molecule has 7 nitrogen and oxygen atoms in total. The summed E-state index contributed by atoms with van der Waals surface area (Å²) in [4.78, 5) is 18.4. The summed E-state index contributed by atoms with van der Waals surface area (Å²) >= 11 is 6.05. The molecule has 4 rings (SSSR count). The number of hydrogen-bond donors (Lipinski definition) is 2. The number of anilines is 1. The number of aliphatic hydroxyl groups is 1. The number of alkyl halides is 3. The van der Waals surface area contributed by atoms with Crippen molar-refractivity contribution in [1.29, 1.82) is 0 Å². The Balaban J connectivity index is 0.000000454. The number of ether oxygens (including phenoxy) is 1. The molecule has 0 radical (unpaired) electrons. The molecule has 2 N–H and O–H groups in total. The normalized spacial score (nSPS) is 21.6. The Morgan fingerprint density at radius 3 is 2.39 bits per heavy atom. The van der Waals surface area contributed by atoms with E-state index in [1.807, 2.05) is 24.3 Å². The van der Waals surface area contributed by atoms with E-state index < -0.39 is 12.1 Å². The van der Waals surface area contributed by atoms with Crippen LogP contribution in [0.15, 0.2) is 42.6 Å². The first-order valence-electron chi connectivity index (χ1n) is 11.8. The summed E-state index contributed by atoms with van der Waals surface area (Å²) in [5, 5.41) is 17.3. The number of rotatable bonds is 5. The Labute approximate surface area is 213 Å². The molecule has 36 heavy (non-hydrogen) atoms. The van der Waals surface area contributed by atoms with Gasteiger partial charge in [0, 0.05) is 42.9 Å². The largest absolute Gasteiger partial charge is 0.490 e. The lowest BCUT2D eigenvalue weighted by atomic mass is 9.96. The number of carboxylic acid groups (broad SMARTS) is 1. The molecule has 2 atom stereocenters. The lowest BCUT2D eigenvalue weighted by molar-refractivity contribution is -0.192. The van der Waals surface area contributed by atoms with Crippen LogP contribution < -0.4 is 4.90 Å². The highest BCUT2D eigenvalue weighted by molar-refractivity contribution is 6.30. The van der Waals surface area contributed by atoms with Crippen molar-refractivity contribution < 1.29 is 32.9 Å². The third-order valence-corrected chi connectivity index (χ3v) is 6.64. The summed E-state index contributed by atoms with van der Waals surface area (Å²) in [7, 11) is 0. The minimum atomic E-state index is -5.08. The van der Waals surface area contributed by atoms with E-state index in [0.717, 1.165) is 61.9 Å². The zero-order chi connectivity index (χ0) is 26.3. The molecule has 1 aromatic carbocycles. The standard InChI is InChI=1S/C23H30ClN3O2.C2HF3O2/c1-17-14-27(22(16-29-17)12-18-2-4-20(24)5-3-18)21-7-10-26(11-8-21)23-13-19(15-28)6-9-25-23;3-2(4,5)1(6)7/h2-6,9,13,17,21-22,28H,7-8,10-12,14-16H2,1H3;(H,6,7)/t17-,22-;/m0./s1. The number of hydrogen-bond acceptors (Lipinski definition) is 6. The van der Waals surface area contributed by atoms with Gasteiger partial charge in [-0.15, -0.1) is 0 Å². The quantitative estimate of drug-likeness (QED) is 0.601. The molecule has 0 amide bonds. The van der Waals surface area contributed by atoms with Gasteiger partial charge >= 0.3 is 12.1 Å². The molecule has 2 fully saturated rings. The summed E-state index contributed by atoms with van der Waals surface area (Å²) in [6, 6.07) is 13.0. The Hall–Kier alpha value is -2.40. The van der Waals surface area contributed by atoms with Gasteiger partial charge < -0.3 is 19.8 Å². The summed E-state index contributed by atoms with van der Waals surface area (Å²) in [5.41, 5.74) is 2.23. The van der Waals surface area contributed by atoms with Crippen LogP contribution >= 0.6 is 11.6 Å². The lowest BCUT2D eigenvalue weighted by Gasteiger charge is -2.46. The number of aliphatic hydroxyl groups excluding tert-OH is 1. The Bertz CT molecular complexity index is 985. The summed E-state index contributed by atoms with van der Waals surface area (Å²) in [6.45, 7) is 5.98. The molecular formula is C25H31ClF3N3O4. The fourth-order valence-corrected chi connectivity index (χ4v) is 4.67. The van der Waals surface area contributed by atoms with Crippen molar-refractivity contribution in [3.8, 4) is 0 Å². The summed E-state index contributed by atoms with van der Waals surface area (Å²) in [5.74, 6) is -1.78. The van der Waals surface area contributed by atoms with Crippen molar-refractivity contribution in [3.63, 3.8) is 0 Å². The van der Waals surface area contributed by atoms with E-state index >= 15 is 0 Å². The molecule has 2 aromatic rings. The van der Waals surface area contributed by atoms with Gasteiger partial charge in [0.05, 0.1) is 19.3 Å². The van der Waals surface area contributed by atoms with Gasteiger partial charge in [0.2, 0.25) is 0 Å². The third kappa shape index (κ3) is 8.06. The van der Waals surface area contributed by atoms with Gasteiger partial charge in [-0.3, -0.25) is 4.90 Å². The van der Waals surface area contributed by atoms with Crippen LogP contribution in [-0.2, 0) is 22.6 Å². The van der Waals surface area contributed by atoms with E-state index in [9.17, 15) is 18.3 Å². The van der Waals surface area contributed by atoms with Gasteiger partial charge in [-0.1, -0.05) is 23.7 Å². The van der Waals surface area contributed by atoms with Crippen LogP contribution in [0.25, 0.3) is 0 Å². The number of carboxylic acids is 1. The van der Waals surface area contributed by atoms with Gasteiger partial charge in [-0.2, -0.15) is 13.2 Å². The van der Waals surface area contributed by atoms with Crippen LogP contribution in [0, 0.1) is 0 Å². The molecule has 0 unspecified atom stereocenters. The van der Waals surface area contributed by atoms with Gasteiger partial charge in [0.15, 0.2) is 0 Å². The second-order valence-electron chi connectivity index (χ2n) is 9.03. The number of aromatic nitrogens is 1. The second kappa shape index (κ2) is 12.7. The SMILES string of the molecule is C[C@H]1CN(C2CCN(c3cc(CO)ccn3)CC2)[C@@H](Cc2ccc(Cl)cc2)CO1.O=C(O)C(F)(F)F. The highest BCUT2D eigenvalue weighted by Gasteiger charge is 2.38. The average molecular weight is 530 g/mol. The molecule has 3 heterocycles. The molecule has 0 aliphatic carbocycles. The monoisotopic (exact) mass is 529 g/mol. The number of halogens is 4. The second-order valence-corrected chi connectivity index (χ2v) is 9.46. The van der Waals surface area contributed by atoms with E-state index in [-0.39, 0.29) is 12.7 Å². The number of morpholine rings is 1. The number of carbonyl (C=O) groups is 1. The smallest absolute Gasteiger partial charge is 0.475 e. The Morgan fingerprint density at radius 2 is 1.81 bits per heavy atom. The highest BCUT2D eigenvalue weighted by atomic mass is 35.5. The number of nitrogens with zero attached hydrogens (tertiary/aromatic N) is 3. The number of benzene rings is 1.